The molecule has 0 fully saturated rings. The van der Waals surface area contributed by atoms with Crippen molar-refractivity contribution in [2.45, 2.75) is 0 Å². The molecular weight excluding hydrogens is 178 g/mol. The number of hydrogen-bond acceptors (Lipinski definition) is 3. The molecule has 3 nitrogen and oxygen atoms in total. The van der Waals surface area contributed by atoms with E-state index in [-0.39, 0.29) is 5.57 Å². The van der Waals surface area contributed by atoms with Gasteiger partial charge in [0.15, 0.2) is 17.3 Å². The summed E-state index contributed by atoms with van der Waals surface area (Å²) in [5.41, 5.74) is 0.250. The summed E-state index contributed by atoms with van der Waals surface area (Å²) in [5.74, 6) is 1.59. The summed E-state index contributed by atoms with van der Waals surface area (Å²) in [4.78, 5) is 0. The van der Waals surface area contributed by atoms with Gasteiger partial charge in [-0.1, -0.05) is 18.7 Å². The molecule has 14 heavy (non-hydrogen) atoms. The molecule has 1 aliphatic heterocycles. The van der Waals surface area contributed by atoms with Gasteiger partial charge in [-0.3, -0.25) is 0 Å². The van der Waals surface area contributed by atoms with Crippen molar-refractivity contribution in [2.24, 2.45) is 0 Å². The van der Waals surface area contributed by atoms with Gasteiger partial charge in [-0.2, -0.15) is 5.26 Å². The van der Waals surface area contributed by atoms with Crippen molar-refractivity contribution in [3.8, 4) is 17.6 Å². The molecule has 1 aliphatic rings. The molecule has 0 saturated carbocycles. The van der Waals surface area contributed by atoms with Crippen LogP contribution < -0.4 is 9.47 Å². The molecule has 68 valence electrons. The number of allylic oxidation sites excluding steroid dienone is 1. The number of para-hydroxylation sites is 2. The minimum absolute atomic E-state index is 0.250. The van der Waals surface area contributed by atoms with E-state index in [9.17, 15) is 0 Å². The molecule has 1 aromatic carbocycles. The lowest BCUT2D eigenvalue weighted by Gasteiger charge is -2.16. The fourth-order valence-electron chi connectivity index (χ4n) is 1.08. The fourth-order valence-corrected chi connectivity index (χ4v) is 1.08. The number of fused-ring (bicyclic) bond motifs is 1. The highest BCUT2D eigenvalue weighted by Crippen LogP contribution is 2.33. The van der Waals surface area contributed by atoms with Crippen molar-refractivity contribution in [2.75, 3.05) is 0 Å². The predicted molar refractivity (Wildman–Crippen MR) is 50.5 cm³/mol. The van der Waals surface area contributed by atoms with E-state index in [1.54, 1.807) is 12.1 Å². The summed E-state index contributed by atoms with van der Waals surface area (Å²) in [7, 11) is 0. The van der Waals surface area contributed by atoms with Crippen LogP contribution in [0.5, 0.6) is 11.5 Å². The summed E-state index contributed by atoms with van der Waals surface area (Å²) < 4.78 is 10.7. The molecule has 2 rings (SSSR count). The number of nitriles is 1. The Balaban J connectivity index is 2.31. The van der Waals surface area contributed by atoms with Gasteiger partial charge in [0.05, 0.1) is 5.57 Å². The first kappa shape index (κ1) is 8.39. The Morgan fingerprint density at radius 1 is 1.29 bits per heavy atom. The molecule has 0 bridgehead atoms. The van der Waals surface area contributed by atoms with Crippen LogP contribution in [0.4, 0.5) is 0 Å². The summed E-state index contributed by atoms with van der Waals surface area (Å²) in [5, 5.41) is 8.61. The third-order valence-corrected chi connectivity index (χ3v) is 1.79. The lowest BCUT2D eigenvalue weighted by molar-refractivity contribution is 0.335. The smallest absolute Gasteiger partial charge is 0.179 e. The van der Waals surface area contributed by atoms with E-state index in [4.69, 9.17) is 14.7 Å². The third kappa shape index (κ3) is 1.34. The Morgan fingerprint density at radius 2 is 2.00 bits per heavy atom. The number of rotatable bonds is 1. The van der Waals surface area contributed by atoms with Gasteiger partial charge < -0.3 is 9.47 Å². The molecule has 0 saturated heterocycles. The number of ether oxygens (including phenoxy) is 2. The quantitative estimate of drug-likeness (QED) is 0.631. The van der Waals surface area contributed by atoms with Gasteiger partial charge in [0.1, 0.15) is 12.3 Å². The van der Waals surface area contributed by atoms with Crippen molar-refractivity contribution in [3.63, 3.8) is 0 Å². The molecule has 0 unspecified atom stereocenters. The van der Waals surface area contributed by atoms with Crippen LogP contribution in [0.3, 0.4) is 0 Å². The topological polar surface area (TPSA) is 42.2 Å². The van der Waals surface area contributed by atoms with Crippen molar-refractivity contribution in [1.29, 1.82) is 5.26 Å². The SMILES string of the molecule is C=C(C#N)C1=COc2ccccc2O1. The van der Waals surface area contributed by atoms with Crippen LogP contribution in [0.15, 0.2) is 48.4 Å². The largest absolute Gasteiger partial charge is 0.457 e. The Hall–Kier alpha value is -2.21. The molecule has 1 heterocycles. The Kier molecular flexibility index (Phi) is 1.96. The second-order valence-electron chi connectivity index (χ2n) is 2.74. The zero-order valence-corrected chi connectivity index (χ0v) is 7.36. The van der Waals surface area contributed by atoms with Gasteiger partial charge in [-0.15, -0.1) is 0 Å². The van der Waals surface area contributed by atoms with Gasteiger partial charge >= 0.3 is 0 Å². The summed E-state index contributed by atoms with van der Waals surface area (Å²) >= 11 is 0. The van der Waals surface area contributed by atoms with E-state index < -0.39 is 0 Å². The predicted octanol–water partition coefficient (Wildman–Crippen LogP) is 2.38. The van der Waals surface area contributed by atoms with Crippen LogP contribution in [-0.2, 0) is 0 Å². The molecule has 1 aromatic rings. The first-order valence-electron chi connectivity index (χ1n) is 4.04. The number of hydrogen-bond donors (Lipinski definition) is 0. The lowest BCUT2D eigenvalue weighted by Crippen LogP contribution is -2.05. The highest BCUT2D eigenvalue weighted by molar-refractivity contribution is 5.47. The van der Waals surface area contributed by atoms with Crippen molar-refractivity contribution in [1.82, 2.24) is 0 Å². The minimum atomic E-state index is 0.250. The maximum absolute atomic E-state index is 8.61. The zero-order valence-electron chi connectivity index (χ0n) is 7.36. The van der Waals surface area contributed by atoms with E-state index >= 15 is 0 Å². The van der Waals surface area contributed by atoms with Gasteiger partial charge in [-0.05, 0) is 12.1 Å². The van der Waals surface area contributed by atoms with Crippen molar-refractivity contribution >= 4 is 0 Å². The number of nitrogens with zero attached hydrogens (tertiary/aromatic N) is 1. The number of benzene rings is 1. The van der Waals surface area contributed by atoms with E-state index in [0.29, 0.717) is 17.3 Å². The third-order valence-electron chi connectivity index (χ3n) is 1.79. The molecular formula is C11H7NO2. The Labute approximate surface area is 81.5 Å². The standard InChI is InChI=1S/C11H7NO2/c1-8(6-12)11-7-13-9-4-2-3-5-10(9)14-11/h2-5,7H,1H2. The zero-order chi connectivity index (χ0) is 9.97. The average Bonchev–Trinajstić information content (AvgIpc) is 2.27. The van der Waals surface area contributed by atoms with Gasteiger partial charge in [-0.25, -0.2) is 0 Å². The molecule has 0 aromatic heterocycles. The van der Waals surface area contributed by atoms with Gasteiger partial charge in [0.2, 0.25) is 0 Å². The Bertz CT molecular complexity index is 455. The van der Waals surface area contributed by atoms with Crippen LogP contribution in [0.2, 0.25) is 0 Å². The van der Waals surface area contributed by atoms with Gasteiger partial charge in [0.25, 0.3) is 0 Å². The fraction of sp³-hybridized carbons (Fsp3) is 0. The lowest BCUT2D eigenvalue weighted by atomic mass is 10.2. The first-order chi connectivity index (χ1) is 6.81. The van der Waals surface area contributed by atoms with Crippen molar-refractivity contribution < 1.29 is 9.47 Å². The van der Waals surface area contributed by atoms with Crippen LogP contribution in [-0.4, -0.2) is 0 Å². The van der Waals surface area contributed by atoms with Gasteiger partial charge in [0, 0.05) is 0 Å². The average molecular weight is 185 g/mol. The maximum atomic E-state index is 8.61. The van der Waals surface area contributed by atoms with Crippen LogP contribution >= 0.6 is 0 Å². The minimum Gasteiger partial charge on any atom is -0.457 e. The highest BCUT2D eigenvalue weighted by Gasteiger charge is 2.14. The van der Waals surface area contributed by atoms with Crippen LogP contribution in [0, 0.1) is 11.3 Å². The summed E-state index contributed by atoms with van der Waals surface area (Å²) in [6.07, 6.45) is 1.38. The van der Waals surface area contributed by atoms with E-state index in [1.165, 1.54) is 6.26 Å². The molecule has 0 N–H and O–H groups in total. The summed E-state index contributed by atoms with van der Waals surface area (Å²) in [6, 6.07) is 9.14. The maximum Gasteiger partial charge on any atom is 0.179 e. The second-order valence-corrected chi connectivity index (χ2v) is 2.74. The Morgan fingerprint density at radius 3 is 2.71 bits per heavy atom. The van der Waals surface area contributed by atoms with E-state index in [1.807, 2.05) is 18.2 Å². The molecule has 0 spiro atoms. The first-order valence-corrected chi connectivity index (χ1v) is 4.04. The normalized spacial score (nSPS) is 12.6. The highest BCUT2D eigenvalue weighted by atomic mass is 16.6. The molecule has 0 atom stereocenters. The van der Waals surface area contributed by atoms with E-state index in [0.717, 1.165) is 0 Å². The molecule has 3 heteroatoms. The summed E-state index contributed by atoms with van der Waals surface area (Å²) in [6.45, 7) is 3.54. The van der Waals surface area contributed by atoms with E-state index in [2.05, 4.69) is 6.58 Å². The molecule has 0 amide bonds. The molecule has 0 aliphatic carbocycles. The molecule has 0 radical (unpaired) electrons. The van der Waals surface area contributed by atoms with Crippen LogP contribution in [0.25, 0.3) is 0 Å². The van der Waals surface area contributed by atoms with Crippen LogP contribution in [0.1, 0.15) is 0 Å². The second kappa shape index (κ2) is 3.27. The monoisotopic (exact) mass is 185 g/mol. The van der Waals surface area contributed by atoms with Crippen molar-refractivity contribution in [3.05, 3.63) is 48.4 Å².